The number of aromatic nitrogens is 3. The number of nitrogens with one attached hydrogen (secondary N) is 1. The molecule has 3 aromatic rings. The van der Waals surface area contributed by atoms with E-state index in [0.29, 0.717) is 17.2 Å². The number of hydrogen-bond donors (Lipinski definition) is 1. The zero-order valence-electron chi connectivity index (χ0n) is 16.4. The van der Waals surface area contributed by atoms with Crippen LogP contribution >= 0.6 is 0 Å². The summed E-state index contributed by atoms with van der Waals surface area (Å²) in [5.41, 5.74) is 3.29. The van der Waals surface area contributed by atoms with Crippen LogP contribution in [0.1, 0.15) is 34.8 Å². The molecule has 0 bridgehead atoms. The lowest BCUT2D eigenvalue weighted by molar-refractivity contribution is 0.0360. The van der Waals surface area contributed by atoms with Crippen molar-refractivity contribution in [1.29, 1.82) is 0 Å². The molecule has 0 spiro atoms. The number of rotatable bonds is 6. The highest BCUT2D eigenvalue weighted by molar-refractivity contribution is 6.12. The average Bonchev–Trinajstić information content (AvgIpc) is 3.52. The summed E-state index contributed by atoms with van der Waals surface area (Å²) in [6, 6.07) is 9.80. The average molecular weight is 391 g/mol. The number of hydrogen-bond acceptors (Lipinski definition) is 5. The maximum atomic E-state index is 13.0. The molecule has 7 heteroatoms. The van der Waals surface area contributed by atoms with Gasteiger partial charge in [-0.25, -0.2) is 0 Å². The molecule has 5 rings (SSSR count). The number of carbonyl (C=O) groups excluding carboxylic acids is 1. The van der Waals surface area contributed by atoms with E-state index < -0.39 is 0 Å². The molecule has 2 aliphatic rings. The third kappa shape index (κ3) is 4.16. The summed E-state index contributed by atoms with van der Waals surface area (Å²) in [4.78, 5) is 20.2. The highest BCUT2D eigenvalue weighted by Gasteiger charge is 2.27. The summed E-state index contributed by atoms with van der Waals surface area (Å²) in [5, 5.41) is 8.29. The van der Waals surface area contributed by atoms with E-state index in [-0.39, 0.29) is 5.91 Å². The van der Waals surface area contributed by atoms with Gasteiger partial charge in [0.2, 0.25) is 0 Å². The molecule has 29 heavy (non-hydrogen) atoms. The second kappa shape index (κ2) is 7.93. The number of ether oxygens (including phenoxy) is 1. The summed E-state index contributed by atoms with van der Waals surface area (Å²) in [5.74, 6) is 0.382. The van der Waals surface area contributed by atoms with Crippen molar-refractivity contribution in [2.75, 3.05) is 38.2 Å². The Morgan fingerprint density at radius 2 is 2.00 bits per heavy atom. The lowest BCUT2D eigenvalue weighted by Gasteiger charge is -2.26. The van der Waals surface area contributed by atoms with E-state index in [1.54, 1.807) is 6.20 Å². The summed E-state index contributed by atoms with van der Waals surface area (Å²) >= 11 is 0. The van der Waals surface area contributed by atoms with Crippen molar-refractivity contribution in [2.45, 2.75) is 25.3 Å². The molecule has 1 aliphatic heterocycles. The van der Waals surface area contributed by atoms with Gasteiger partial charge in [-0.15, -0.1) is 0 Å². The predicted molar refractivity (Wildman–Crippen MR) is 111 cm³/mol. The first kappa shape index (κ1) is 18.3. The second-order valence-electron chi connectivity index (χ2n) is 7.79. The molecule has 1 aromatic carbocycles. The van der Waals surface area contributed by atoms with E-state index in [2.05, 4.69) is 15.3 Å². The Morgan fingerprint density at radius 3 is 2.83 bits per heavy atom. The van der Waals surface area contributed by atoms with Gasteiger partial charge in [0.15, 0.2) is 0 Å². The van der Waals surface area contributed by atoms with Crippen LogP contribution in [-0.2, 0) is 11.3 Å². The number of fused-ring (bicyclic) bond motifs is 1. The highest BCUT2D eigenvalue weighted by Crippen LogP contribution is 2.40. The molecule has 0 unspecified atom stereocenters. The molecule has 2 fully saturated rings. The van der Waals surface area contributed by atoms with Crippen molar-refractivity contribution in [3.8, 4) is 0 Å². The molecule has 1 N–H and O–H groups in total. The molecular weight excluding hydrogens is 366 g/mol. The number of para-hydroxylation sites is 1. The topological polar surface area (TPSA) is 72.3 Å². The fourth-order valence-corrected chi connectivity index (χ4v) is 3.79. The van der Waals surface area contributed by atoms with Gasteiger partial charge in [0.1, 0.15) is 0 Å². The highest BCUT2D eigenvalue weighted by atomic mass is 16.5. The van der Waals surface area contributed by atoms with Crippen molar-refractivity contribution < 1.29 is 9.53 Å². The van der Waals surface area contributed by atoms with Crippen LogP contribution in [0.4, 0.5) is 5.69 Å². The third-order valence-corrected chi connectivity index (χ3v) is 5.62. The van der Waals surface area contributed by atoms with Gasteiger partial charge in [-0.2, -0.15) is 5.10 Å². The summed E-state index contributed by atoms with van der Waals surface area (Å²) in [6.07, 6.45) is 5.91. The van der Waals surface area contributed by atoms with Gasteiger partial charge >= 0.3 is 0 Å². The van der Waals surface area contributed by atoms with E-state index >= 15 is 0 Å². The minimum absolute atomic E-state index is 0.113. The minimum Gasteiger partial charge on any atom is -0.379 e. The lowest BCUT2D eigenvalue weighted by Crippen LogP contribution is -2.38. The Labute approximate surface area is 169 Å². The first-order valence-electron chi connectivity index (χ1n) is 10.3. The lowest BCUT2D eigenvalue weighted by atomic mass is 10.1. The number of nitrogens with zero attached hydrogens (tertiary/aromatic N) is 4. The smallest absolute Gasteiger partial charge is 0.256 e. The molecule has 150 valence electrons. The van der Waals surface area contributed by atoms with Crippen LogP contribution in [0, 0.1) is 0 Å². The van der Waals surface area contributed by atoms with Gasteiger partial charge in [-0.05, 0) is 25.0 Å². The molecule has 1 saturated heterocycles. The first-order valence-corrected chi connectivity index (χ1v) is 10.3. The maximum absolute atomic E-state index is 13.0. The fraction of sp³-hybridized carbons (Fsp3) is 0.409. The number of amides is 1. The molecule has 1 amide bonds. The zero-order chi connectivity index (χ0) is 19.6. The zero-order valence-corrected chi connectivity index (χ0v) is 16.4. The number of benzene rings is 1. The van der Waals surface area contributed by atoms with Crippen LogP contribution in [0.15, 0.2) is 42.7 Å². The molecule has 0 radical (unpaired) electrons. The molecule has 2 aromatic heterocycles. The van der Waals surface area contributed by atoms with Gasteiger partial charge < -0.3 is 10.1 Å². The van der Waals surface area contributed by atoms with Crippen LogP contribution in [0.5, 0.6) is 0 Å². The molecule has 1 aliphatic carbocycles. The van der Waals surface area contributed by atoms with Crippen LogP contribution in [0.3, 0.4) is 0 Å². The molecular formula is C22H25N5O2. The molecule has 3 heterocycles. The quantitative estimate of drug-likeness (QED) is 0.700. The first-order chi connectivity index (χ1) is 14.3. The van der Waals surface area contributed by atoms with Crippen LogP contribution < -0.4 is 5.32 Å². The SMILES string of the molecule is O=C(Nc1cnn(CCN2CCOCC2)c1)c1cc(C2CC2)nc2ccccc12. The summed E-state index contributed by atoms with van der Waals surface area (Å²) in [7, 11) is 0. The van der Waals surface area contributed by atoms with E-state index in [1.165, 1.54) is 0 Å². The van der Waals surface area contributed by atoms with E-state index in [0.717, 1.165) is 68.8 Å². The van der Waals surface area contributed by atoms with E-state index in [9.17, 15) is 4.79 Å². The van der Waals surface area contributed by atoms with Crippen molar-refractivity contribution in [3.05, 3.63) is 54.0 Å². The Kier molecular flexibility index (Phi) is 4.99. The van der Waals surface area contributed by atoms with Gasteiger partial charge in [0.25, 0.3) is 5.91 Å². The van der Waals surface area contributed by atoms with Crippen LogP contribution in [-0.4, -0.2) is 58.4 Å². The normalized spacial score (nSPS) is 17.5. The Morgan fingerprint density at radius 1 is 1.17 bits per heavy atom. The van der Waals surface area contributed by atoms with Crippen molar-refractivity contribution in [2.24, 2.45) is 0 Å². The number of anilines is 1. The van der Waals surface area contributed by atoms with E-state index in [1.807, 2.05) is 41.2 Å². The Hall–Kier alpha value is -2.77. The second-order valence-corrected chi connectivity index (χ2v) is 7.79. The summed E-state index contributed by atoms with van der Waals surface area (Å²) in [6.45, 7) is 5.23. The van der Waals surface area contributed by atoms with Crippen molar-refractivity contribution in [3.63, 3.8) is 0 Å². The monoisotopic (exact) mass is 391 g/mol. The van der Waals surface area contributed by atoms with Gasteiger partial charge in [0.05, 0.1) is 42.7 Å². The number of morpholine rings is 1. The molecule has 0 atom stereocenters. The third-order valence-electron chi connectivity index (χ3n) is 5.62. The summed E-state index contributed by atoms with van der Waals surface area (Å²) < 4.78 is 7.26. The number of carbonyl (C=O) groups is 1. The molecule has 7 nitrogen and oxygen atoms in total. The van der Waals surface area contributed by atoms with Crippen LogP contribution in [0.25, 0.3) is 10.9 Å². The Balaban J connectivity index is 1.30. The van der Waals surface area contributed by atoms with Gasteiger partial charge in [0, 0.05) is 42.8 Å². The van der Waals surface area contributed by atoms with Crippen molar-refractivity contribution >= 4 is 22.5 Å². The maximum Gasteiger partial charge on any atom is 0.256 e. The molecule has 1 saturated carbocycles. The largest absolute Gasteiger partial charge is 0.379 e. The number of pyridine rings is 1. The Bertz CT molecular complexity index is 1020. The predicted octanol–water partition coefficient (Wildman–Crippen LogP) is 2.89. The fourth-order valence-electron chi connectivity index (χ4n) is 3.79. The van der Waals surface area contributed by atoms with Gasteiger partial charge in [-0.3, -0.25) is 19.4 Å². The van der Waals surface area contributed by atoms with Crippen LogP contribution in [0.2, 0.25) is 0 Å². The van der Waals surface area contributed by atoms with Crippen molar-refractivity contribution in [1.82, 2.24) is 19.7 Å². The standard InChI is InChI=1S/C22H25N5O2/c28-22(19-13-21(16-5-6-16)25-20-4-2-1-3-18(19)20)24-17-14-23-27(15-17)8-7-26-9-11-29-12-10-26/h1-4,13-16H,5-12H2,(H,24,28). The minimum atomic E-state index is -0.113. The van der Waals surface area contributed by atoms with E-state index in [4.69, 9.17) is 9.72 Å². The van der Waals surface area contributed by atoms with Gasteiger partial charge in [-0.1, -0.05) is 18.2 Å².